The number of hydrogen-bond acceptors (Lipinski definition) is 7. The molecule has 0 spiro atoms. The van der Waals surface area contributed by atoms with Crippen LogP contribution in [0.15, 0.2) is 24.5 Å². The Morgan fingerprint density at radius 3 is 2.65 bits per heavy atom. The minimum absolute atomic E-state index is 0.0750. The van der Waals surface area contributed by atoms with Gasteiger partial charge in [0.2, 0.25) is 0 Å². The molecule has 31 heavy (non-hydrogen) atoms. The van der Waals surface area contributed by atoms with Crippen LogP contribution in [0, 0.1) is 6.92 Å². The summed E-state index contributed by atoms with van der Waals surface area (Å²) in [6, 6.07) is 4.12. The molecule has 3 heterocycles. The highest BCUT2D eigenvalue weighted by Gasteiger charge is 2.20. The van der Waals surface area contributed by atoms with Gasteiger partial charge in [0.1, 0.15) is 9.88 Å². The highest BCUT2D eigenvalue weighted by Crippen LogP contribution is 2.33. The predicted octanol–water partition coefficient (Wildman–Crippen LogP) is 2.66. The van der Waals surface area contributed by atoms with Crippen molar-refractivity contribution in [1.29, 1.82) is 0 Å². The molecule has 0 saturated heterocycles. The van der Waals surface area contributed by atoms with Gasteiger partial charge in [-0.1, -0.05) is 0 Å². The lowest BCUT2D eigenvalue weighted by atomic mass is 9.99. The molecule has 8 nitrogen and oxygen atoms in total. The molecule has 1 aromatic carbocycles. The number of thiazole rings is 1. The number of nitrogens with one attached hydrogen (secondary N) is 1. The van der Waals surface area contributed by atoms with Crippen molar-refractivity contribution in [2.24, 2.45) is 7.05 Å². The van der Waals surface area contributed by atoms with E-state index in [0.29, 0.717) is 11.4 Å². The Balaban J connectivity index is 1.34. The zero-order valence-corrected chi connectivity index (χ0v) is 19.1. The SMILES string of the molecule is COc1cc2c(cc1OC)CN(CCNC(=O)c1sc(-c3cnn(C)c3)nc1C)CC2. The van der Waals surface area contributed by atoms with Gasteiger partial charge in [0.25, 0.3) is 5.91 Å². The molecule has 1 amide bonds. The summed E-state index contributed by atoms with van der Waals surface area (Å²) in [6.45, 7) is 5.02. The number of ether oxygens (including phenoxy) is 2. The molecule has 0 atom stereocenters. The summed E-state index contributed by atoms with van der Waals surface area (Å²) >= 11 is 1.40. The van der Waals surface area contributed by atoms with Crippen molar-refractivity contribution in [2.45, 2.75) is 19.9 Å². The zero-order chi connectivity index (χ0) is 22.0. The maximum absolute atomic E-state index is 12.7. The average molecular weight is 442 g/mol. The van der Waals surface area contributed by atoms with Crippen LogP contribution < -0.4 is 14.8 Å². The lowest BCUT2D eigenvalue weighted by molar-refractivity contribution is 0.0950. The molecule has 0 bridgehead atoms. The van der Waals surface area contributed by atoms with Crippen molar-refractivity contribution in [3.05, 3.63) is 46.2 Å². The van der Waals surface area contributed by atoms with Crippen LogP contribution in [0.5, 0.6) is 11.5 Å². The molecular weight excluding hydrogens is 414 g/mol. The average Bonchev–Trinajstić information content (AvgIpc) is 3.38. The van der Waals surface area contributed by atoms with Gasteiger partial charge in [-0.3, -0.25) is 14.4 Å². The van der Waals surface area contributed by atoms with Crippen LogP contribution in [0.25, 0.3) is 10.6 Å². The monoisotopic (exact) mass is 441 g/mol. The second-order valence-electron chi connectivity index (χ2n) is 7.59. The molecule has 0 unspecified atom stereocenters. The van der Waals surface area contributed by atoms with Crippen LogP contribution in [0.4, 0.5) is 0 Å². The normalized spacial score (nSPS) is 13.7. The van der Waals surface area contributed by atoms with Gasteiger partial charge in [-0.2, -0.15) is 5.10 Å². The fourth-order valence-electron chi connectivity index (χ4n) is 3.80. The van der Waals surface area contributed by atoms with Gasteiger partial charge in [0, 0.05) is 45.0 Å². The number of benzene rings is 1. The summed E-state index contributed by atoms with van der Waals surface area (Å²) in [4.78, 5) is 20.2. The second kappa shape index (κ2) is 9.07. The fraction of sp³-hybridized carbons (Fsp3) is 0.409. The van der Waals surface area contributed by atoms with E-state index in [2.05, 4.69) is 32.4 Å². The highest BCUT2D eigenvalue weighted by molar-refractivity contribution is 7.17. The molecule has 4 rings (SSSR count). The number of carbonyl (C=O) groups is 1. The Kier molecular flexibility index (Phi) is 6.24. The van der Waals surface area contributed by atoms with Gasteiger partial charge >= 0.3 is 0 Å². The molecule has 164 valence electrons. The molecule has 0 aliphatic carbocycles. The summed E-state index contributed by atoms with van der Waals surface area (Å²) in [6.07, 6.45) is 4.61. The summed E-state index contributed by atoms with van der Waals surface area (Å²) in [7, 11) is 5.18. The Hall–Kier alpha value is -2.91. The minimum atomic E-state index is -0.0750. The number of aryl methyl sites for hydroxylation is 2. The number of rotatable bonds is 7. The summed E-state index contributed by atoms with van der Waals surface area (Å²) in [5.74, 6) is 1.45. The molecule has 0 radical (unpaired) electrons. The van der Waals surface area contributed by atoms with Crippen LogP contribution in [0.3, 0.4) is 0 Å². The molecule has 0 fully saturated rings. The number of carbonyl (C=O) groups excluding carboxylic acids is 1. The Bertz CT molecular complexity index is 1090. The quantitative estimate of drug-likeness (QED) is 0.607. The van der Waals surface area contributed by atoms with Crippen LogP contribution in [0.1, 0.15) is 26.5 Å². The van der Waals surface area contributed by atoms with Gasteiger partial charge in [-0.25, -0.2) is 4.98 Å². The number of hydrogen-bond donors (Lipinski definition) is 1. The molecule has 9 heteroatoms. The number of aromatic nitrogens is 3. The van der Waals surface area contributed by atoms with E-state index in [0.717, 1.165) is 53.8 Å². The summed E-state index contributed by atoms with van der Waals surface area (Å²) < 4.78 is 12.6. The van der Waals surface area contributed by atoms with Gasteiger partial charge < -0.3 is 14.8 Å². The standard InChI is InChI=1S/C22H27N5O3S/c1-14-20(31-22(25-14)17-11-24-26(2)12-17)21(28)23-6-8-27-7-5-15-9-18(29-3)19(30-4)10-16(15)13-27/h9-12H,5-8,13H2,1-4H3,(H,23,28). The number of amides is 1. The third kappa shape index (κ3) is 4.57. The van der Waals surface area contributed by atoms with Crippen molar-refractivity contribution in [1.82, 2.24) is 25.0 Å². The molecule has 2 aromatic heterocycles. The third-order valence-corrected chi connectivity index (χ3v) is 6.67. The van der Waals surface area contributed by atoms with E-state index in [1.165, 1.54) is 22.5 Å². The minimum Gasteiger partial charge on any atom is -0.493 e. The van der Waals surface area contributed by atoms with Gasteiger partial charge in [0.05, 0.1) is 26.1 Å². The molecule has 0 saturated carbocycles. The van der Waals surface area contributed by atoms with Crippen molar-refractivity contribution >= 4 is 17.2 Å². The molecule has 1 N–H and O–H groups in total. The maximum Gasteiger partial charge on any atom is 0.263 e. The van der Waals surface area contributed by atoms with Crippen LogP contribution in [-0.2, 0) is 20.0 Å². The fourth-order valence-corrected chi connectivity index (χ4v) is 4.76. The van der Waals surface area contributed by atoms with E-state index < -0.39 is 0 Å². The predicted molar refractivity (Wildman–Crippen MR) is 120 cm³/mol. The summed E-state index contributed by atoms with van der Waals surface area (Å²) in [5, 5.41) is 8.04. The number of nitrogens with zero attached hydrogens (tertiary/aromatic N) is 4. The molecular formula is C22H27N5O3S. The number of fused-ring (bicyclic) bond motifs is 1. The van der Waals surface area contributed by atoms with Crippen LogP contribution in [-0.4, -0.2) is 59.4 Å². The van der Waals surface area contributed by atoms with Crippen LogP contribution in [0.2, 0.25) is 0 Å². The van der Waals surface area contributed by atoms with E-state index in [9.17, 15) is 4.79 Å². The third-order valence-electron chi connectivity index (χ3n) is 5.47. The Morgan fingerprint density at radius 2 is 1.97 bits per heavy atom. The first-order chi connectivity index (χ1) is 15.0. The van der Waals surface area contributed by atoms with E-state index >= 15 is 0 Å². The van der Waals surface area contributed by atoms with Crippen molar-refractivity contribution in [2.75, 3.05) is 33.9 Å². The molecule has 1 aliphatic heterocycles. The van der Waals surface area contributed by atoms with E-state index in [-0.39, 0.29) is 5.91 Å². The van der Waals surface area contributed by atoms with Crippen LogP contribution >= 0.6 is 11.3 Å². The van der Waals surface area contributed by atoms with E-state index in [1.54, 1.807) is 25.1 Å². The zero-order valence-electron chi connectivity index (χ0n) is 18.3. The highest BCUT2D eigenvalue weighted by atomic mass is 32.1. The Morgan fingerprint density at radius 1 is 1.23 bits per heavy atom. The first-order valence-corrected chi connectivity index (χ1v) is 11.0. The Labute approximate surface area is 185 Å². The smallest absolute Gasteiger partial charge is 0.263 e. The maximum atomic E-state index is 12.7. The van der Waals surface area contributed by atoms with E-state index in [1.807, 2.05) is 20.2 Å². The second-order valence-corrected chi connectivity index (χ2v) is 8.59. The van der Waals surface area contributed by atoms with Crippen molar-refractivity contribution in [3.8, 4) is 22.1 Å². The topological polar surface area (TPSA) is 81.5 Å². The largest absolute Gasteiger partial charge is 0.493 e. The summed E-state index contributed by atoms with van der Waals surface area (Å²) in [5.41, 5.74) is 4.21. The molecule has 3 aromatic rings. The van der Waals surface area contributed by atoms with Gasteiger partial charge in [-0.05, 0) is 36.6 Å². The lowest BCUT2D eigenvalue weighted by Crippen LogP contribution is -2.37. The lowest BCUT2D eigenvalue weighted by Gasteiger charge is -2.29. The van der Waals surface area contributed by atoms with Crippen molar-refractivity contribution < 1.29 is 14.3 Å². The van der Waals surface area contributed by atoms with Gasteiger partial charge in [0.15, 0.2) is 11.5 Å². The molecule has 1 aliphatic rings. The first kappa shape index (κ1) is 21.3. The first-order valence-electron chi connectivity index (χ1n) is 10.2. The number of methoxy groups -OCH3 is 2. The van der Waals surface area contributed by atoms with E-state index in [4.69, 9.17) is 9.47 Å². The van der Waals surface area contributed by atoms with Gasteiger partial charge in [-0.15, -0.1) is 11.3 Å². The van der Waals surface area contributed by atoms with Crippen molar-refractivity contribution in [3.63, 3.8) is 0 Å².